The van der Waals surface area contributed by atoms with Crippen molar-refractivity contribution in [2.45, 2.75) is 25.9 Å². The third kappa shape index (κ3) is 3.44. The lowest BCUT2D eigenvalue weighted by molar-refractivity contribution is 0.106. The number of benzene rings is 1. The first-order chi connectivity index (χ1) is 7.58. The predicted octanol–water partition coefficient (Wildman–Crippen LogP) is 2.89. The maximum atomic E-state index is 13.1. The minimum Gasteiger partial charge on any atom is -0.388 e. The van der Waals surface area contributed by atoms with Crippen molar-refractivity contribution in [3.8, 4) is 0 Å². The molecule has 1 aromatic rings. The number of hydrogen-bond acceptors (Lipinski definition) is 2. The van der Waals surface area contributed by atoms with Gasteiger partial charge >= 0.3 is 0 Å². The average molecular weight is 246 g/mol. The average Bonchev–Trinajstić information content (AvgIpc) is 2.23. The van der Waals surface area contributed by atoms with Crippen LogP contribution < -0.4 is 5.73 Å². The van der Waals surface area contributed by atoms with Crippen LogP contribution in [0.15, 0.2) is 18.2 Å². The quantitative estimate of drug-likeness (QED) is 0.838. The Kier molecular flexibility index (Phi) is 5.19. The highest BCUT2D eigenvalue weighted by atomic mass is 35.5. The molecule has 0 aliphatic carbocycles. The van der Waals surface area contributed by atoms with E-state index in [0.29, 0.717) is 17.1 Å². The molecule has 0 aromatic heterocycles. The molecular formula is C12H17ClFNO. The molecule has 0 radical (unpaired) electrons. The predicted molar refractivity (Wildman–Crippen MR) is 63.8 cm³/mol. The molecule has 0 bridgehead atoms. The van der Waals surface area contributed by atoms with Crippen LogP contribution in [-0.2, 0) is 0 Å². The molecule has 90 valence electrons. The summed E-state index contributed by atoms with van der Waals surface area (Å²) in [5, 5.41) is 10.3. The van der Waals surface area contributed by atoms with Crippen LogP contribution in [0.25, 0.3) is 0 Å². The molecular weight excluding hydrogens is 229 g/mol. The zero-order chi connectivity index (χ0) is 12.1. The molecule has 0 fully saturated rings. The fourth-order valence-corrected chi connectivity index (χ4v) is 2.02. The van der Waals surface area contributed by atoms with Crippen molar-refractivity contribution in [2.75, 3.05) is 6.54 Å². The summed E-state index contributed by atoms with van der Waals surface area (Å²) in [5.41, 5.74) is 6.08. The molecule has 16 heavy (non-hydrogen) atoms. The number of rotatable bonds is 5. The molecule has 0 heterocycles. The van der Waals surface area contributed by atoms with E-state index in [1.54, 1.807) is 6.07 Å². The van der Waals surface area contributed by atoms with Gasteiger partial charge in [0, 0.05) is 10.9 Å². The molecule has 4 heteroatoms. The van der Waals surface area contributed by atoms with Gasteiger partial charge in [-0.25, -0.2) is 4.39 Å². The largest absolute Gasteiger partial charge is 0.388 e. The lowest BCUT2D eigenvalue weighted by Crippen LogP contribution is -2.22. The zero-order valence-corrected chi connectivity index (χ0v) is 10.0. The summed E-state index contributed by atoms with van der Waals surface area (Å²) < 4.78 is 13.1. The Bertz CT molecular complexity index is 326. The topological polar surface area (TPSA) is 46.2 Å². The van der Waals surface area contributed by atoms with Crippen molar-refractivity contribution < 1.29 is 9.50 Å². The highest BCUT2D eigenvalue weighted by Crippen LogP contribution is 2.27. The molecule has 0 amide bonds. The third-order valence-corrected chi connectivity index (χ3v) is 2.85. The molecule has 0 saturated carbocycles. The first-order valence-corrected chi connectivity index (χ1v) is 5.80. The van der Waals surface area contributed by atoms with Gasteiger partial charge in [-0.1, -0.05) is 24.9 Å². The Morgan fingerprint density at radius 2 is 2.12 bits per heavy atom. The van der Waals surface area contributed by atoms with Crippen molar-refractivity contribution in [2.24, 2.45) is 11.7 Å². The van der Waals surface area contributed by atoms with Crippen molar-refractivity contribution in [1.82, 2.24) is 0 Å². The van der Waals surface area contributed by atoms with Crippen LogP contribution in [0.1, 0.15) is 31.4 Å². The number of aliphatic hydroxyl groups excluding tert-OH is 1. The molecule has 1 aromatic carbocycles. The molecule has 2 unspecified atom stereocenters. The van der Waals surface area contributed by atoms with E-state index in [-0.39, 0.29) is 5.92 Å². The van der Waals surface area contributed by atoms with Crippen LogP contribution >= 0.6 is 11.6 Å². The number of halogens is 2. The second-order valence-corrected chi connectivity index (χ2v) is 4.37. The number of aliphatic hydroxyl groups is 1. The van der Waals surface area contributed by atoms with E-state index in [9.17, 15) is 9.50 Å². The van der Waals surface area contributed by atoms with E-state index in [0.717, 1.165) is 12.8 Å². The van der Waals surface area contributed by atoms with Gasteiger partial charge in [0.05, 0.1) is 6.10 Å². The molecule has 2 atom stereocenters. The minimum atomic E-state index is -0.752. The van der Waals surface area contributed by atoms with Gasteiger partial charge in [0.25, 0.3) is 0 Å². The second-order valence-electron chi connectivity index (χ2n) is 3.93. The summed E-state index contributed by atoms with van der Waals surface area (Å²) in [7, 11) is 0. The standard InChI is InChI=1S/C12H17ClFNO/c1-2-3-8(7-15)12(16)9-4-10(13)6-11(14)5-9/h4-6,8,12,16H,2-3,7,15H2,1H3. The fourth-order valence-electron chi connectivity index (χ4n) is 1.79. The first kappa shape index (κ1) is 13.4. The molecule has 0 spiro atoms. The Hall–Kier alpha value is -0.640. The van der Waals surface area contributed by atoms with Crippen molar-refractivity contribution in [1.29, 1.82) is 0 Å². The smallest absolute Gasteiger partial charge is 0.125 e. The highest BCUT2D eigenvalue weighted by Gasteiger charge is 2.19. The summed E-state index contributed by atoms with van der Waals surface area (Å²) in [6.45, 7) is 2.40. The maximum absolute atomic E-state index is 13.1. The molecule has 0 aliphatic rings. The van der Waals surface area contributed by atoms with E-state index < -0.39 is 11.9 Å². The van der Waals surface area contributed by atoms with Gasteiger partial charge in [0.1, 0.15) is 5.82 Å². The lowest BCUT2D eigenvalue weighted by atomic mass is 9.92. The first-order valence-electron chi connectivity index (χ1n) is 5.42. The van der Waals surface area contributed by atoms with Crippen LogP contribution in [0.2, 0.25) is 5.02 Å². The van der Waals surface area contributed by atoms with E-state index in [1.165, 1.54) is 12.1 Å². The summed E-state index contributed by atoms with van der Waals surface area (Å²) in [4.78, 5) is 0. The summed E-state index contributed by atoms with van der Waals surface area (Å²) in [5.74, 6) is -0.489. The maximum Gasteiger partial charge on any atom is 0.125 e. The van der Waals surface area contributed by atoms with Crippen LogP contribution in [0.4, 0.5) is 4.39 Å². The Labute approximate surface area is 100 Å². The summed E-state index contributed by atoms with van der Waals surface area (Å²) >= 11 is 5.74. The van der Waals surface area contributed by atoms with Gasteiger partial charge in [-0.05, 0) is 36.7 Å². The van der Waals surface area contributed by atoms with Gasteiger partial charge < -0.3 is 10.8 Å². The Balaban J connectivity index is 2.89. The van der Waals surface area contributed by atoms with Crippen molar-refractivity contribution >= 4 is 11.6 Å². The summed E-state index contributed by atoms with van der Waals surface area (Å²) in [6, 6.07) is 4.09. The van der Waals surface area contributed by atoms with Gasteiger partial charge in [-0.2, -0.15) is 0 Å². The van der Waals surface area contributed by atoms with E-state index in [1.807, 2.05) is 6.92 Å². The fraction of sp³-hybridized carbons (Fsp3) is 0.500. The van der Waals surface area contributed by atoms with Crippen LogP contribution in [0.3, 0.4) is 0 Å². The van der Waals surface area contributed by atoms with Crippen molar-refractivity contribution in [3.05, 3.63) is 34.6 Å². The monoisotopic (exact) mass is 245 g/mol. The second kappa shape index (κ2) is 6.18. The molecule has 3 N–H and O–H groups in total. The highest BCUT2D eigenvalue weighted by molar-refractivity contribution is 6.30. The van der Waals surface area contributed by atoms with Gasteiger partial charge in [0.2, 0.25) is 0 Å². The lowest BCUT2D eigenvalue weighted by Gasteiger charge is -2.21. The molecule has 2 nitrogen and oxygen atoms in total. The third-order valence-electron chi connectivity index (χ3n) is 2.64. The van der Waals surface area contributed by atoms with Gasteiger partial charge in [-0.15, -0.1) is 0 Å². The summed E-state index contributed by atoms with van der Waals surface area (Å²) in [6.07, 6.45) is 0.992. The van der Waals surface area contributed by atoms with Crippen LogP contribution in [-0.4, -0.2) is 11.7 Å². The van der Waals surface area contributed by atoms with E-state index >= 15 is 0 Å². The zero-order valence-electron chi connectivity index (χ0n) is 9.29. The molecule has 0 aliphatic heterocycles. The van der Waals surface area contributed by atoms with Crippen molar-refractivity contribution in [3.63, 3.8) is 0 Å². The van der Waals surface area contributed by atoms with Gasteiger partial charge in [0.15, 0.2) is 0 Å². The van der Waals surface area contributed by atoms with Gasteiger partial charge in [-0.3, -0.25) is 0 Å². The Morgan fingerprint density at radius 3 is 2.62 bits per heavy atom. The van der Waals surface area contributed by atoms with Crippen LogP contribution in [0, 0.1) is 11.7 Å². The normalized spacial score (nSPS) is 14.8. The minimum absolute atomic E-state index is 0.0529. The number of hydrogen-bond donors (Lipinski definition) is 2. The van der Waals surface area contributed by atoms with Crippen LogP contribution in [0.5, 0.6) is 0 Å². The van der Waals surface area contributed by atoms with E-state index in [4.69, 9.17) is 17.3 Å². The Morgan fingerprint density at radius 1 is 1.44 bits per heavy atom. The SMILES string of the molecule is CCCC(CN)C(O)c1cc(F)cc(Cl)c1. The molecule has 1 rings (SSSR count). The van der Waals surface area contributed by atoms with E-state index in [2.05, 4.69) is 0 Å². The number of nitrogens with two attached hydrogens (primary N) is 1. The molecule has 0 saturated heterocycles.